The minimum Gasteiger partial charge on any atom is -0.379 e. The molecule has 2 saturated heterocycles. The highest BCUT2D eigenvalue weighted by atomic mass is 16.5. The summed E-state index contributed by atoms with van der Waals surface area (Å²) in [6.45, 7) is 22.8. The molecule has 2 rings (SSSR count). The van der Waals surface area contributed by atoms with E-state index in [1.165, 1.54) is 71.5 Å². The first-order valence-corrected chi connectivity index (χ1v) is 12.4. The number of morpholine rings is 1. The molecule has 6 heteroatoms. The fourth-order valence-electron chi connectivity index (χ4n) is 3.23. The Labute approximate surface area is 190 Å². The Morgan fingerprint density at radius 3 is 1.53 bits per heavy atom. The third-order valence-electron chi connectivity index (χ3n) is 4.95. The Morgan fingerprint density at radius 1 is 0.733 bits per heavy atom. The molecule has 0 radical (unpaired) electrons. The molecule has 2 fully saturated rings. The molecule has 0 bridgehead atoms. The average molecular weight is 432 g/mol. The molecule has 0 atom stereocenters. The molecule has 0 aromatic rings. The predicted octanol–water partition coefficient (Wildman–Crippen LogP) is 2.95. The number of rotatable bonds is 8. The van der Waals surface area contributed by atoms with E-state index in [0.29, 0.717) is 0 Å². The maximum absolute atomic E-state index is 5.20. The highest BCUT2D eigenvalue weighted by molar-refractivity contribution is 4.68. The molecule has 30 heavy (non-hydrogen) atoms. The quantitative estimate of drug-likeness (QED) is 0.636. The van der Waals surface area contributed by atoms with E-state index in [2.05, 4.69) is 73.8 Å². The monoisotopic (exact) mass is 431 g/mol. The smallest absolute Gasteiger partial charge is 0.0594 e. The lowest BCUT2D eigenvalue weighted by Gasteiger charge is -2.31. The third-order valence-corrected chi connectivity index (χ3v) is 4.95. The zero-order valence-corrected chi connectivity index (χ0v) is 22.0. The first-order valence-electron chi connectivity index (χ1n) is 12.4. The molecule has 184 valence electrons. The molecular formula is C24H57N5O. The van der Waals surface area contributed by atoms with Gasteiger partial charge in [0.1, 0.15) is 0 Å². The largest absolute Gasteiger partial charge is 0.379 e. The van der Waals surface area contributed by atoms with Gasteiger partial charge in [-0.2, -0.15) is 0 Å². The summed E-state index contributed by atoms with van der Waals surface area (Å²) >= 11 is 0. The van der Waals surface area contributed by atoms with Crippen LogP contribution in [0.3, 0.4) is 0 Å². The Hall–Kier alpha value is -0.240. The van der Waals surface area contributed by atoms with Crippen molar-refractivity contribution in [2.75, 3.05) is 107 Å². The van der Waals surface area contributed by atoms with E-state index in [9.17, 15) is 0 Å². The molecule has 0 saturated carbocycles. The van der Waals surface area contributed by atoms with Crippen molar-refractivity contribution in [1.29, 1.82) is 0 Å². The van der Waals surface area contributed by atoms with Gasteiger partial charge >= 0.3 is 0 Å². The molecule has 0 spiro atoms. The first kappa shape index (κ1) is 31.9. The highest BCUT2D eigenvalue weighted by Crippen LogP contribution is 1.99. The predicted molar refractivity (Wildman–Crippen MR) is 135 cm³/mol. The zero-order chi connectivity index (χ0) is 23.0. The van der Waals surface area contributed by atoms with E-state index in [1.54, 1.807) is 0 Å². The minimum absolute atomic E-state index is 0.931. The lowest BCUT2D eigenvalue weighted by Crippen LogP contribution is -2.44. The van der Waals surface area contributed by atoms with Crippen molar-refractivity contribution in [3.8, 4) is 0 Å². The fourth-order valence-corrected chi connectivity index (χ4v) is 3.23. The summed E-state index contributed by atoms with van der Waals surface area (Å²) in [5.74, 6) is 0. The number of hydrogen-bond acceptors (Lipinski definition) is 6. The van der Waals surface area contributed by atoms with Crippen LogP contribution in [0.25, 0.3) is 0 Å². The lowest BCUT2D eigenvalue weighted by atomic mass is 10.3. The van der Waals surface area contributed by atoms with Crippen LogP contribution in [0.15, 0.2) is 0 Å². The second kappa shape index (κ2) is 25.0. The number of nitrogens with zero attached hydrogens (tertiary/aromatic N) is 4. The van der Waals surface area contributed by atoms with Crippen LogP contribution in [0.5, 0.6) is 0 Å². The van der Waals surface area contributed by atoms with Gasteiger partial charge in [-0.05, 0) is 80.1 Å². The van der Waals surface area contributed by atoms with Crippen LogP contribution in [-0.4, -0.2) is 126 Å². The summed E-state index contributed by atoms with van der Waals surface area (Å²) in [5, 5.41) is 3.02. The second-order valence-electron chi connectivity index (χ2n) is 8.51. The maximum atomic E-state index is 5.20. The number of hydrogen-bond donors (Lipinski definition) is 1. The van der Waals surface area contributed by atoms with Crippen LogP contribution in [0, 0.1) is 0 Å². The van der Waals surface area contributed by atoms with E-state index in [0.717, 1.165) is 32.8 Å². The van der Waals surface area contributed by atoms with Crippen molar-refractivity contribution in [2.45, 2.75) is 53.4 Å². The second-order valence-corrected chi connectivity index (χ2v) is 8.51. The summed E-state index contributed by atoms with van der Waals surface area (Å²) in [6.07, 6.45) is 5.05. The Balaban J connectivity index is 0. The van der Waals surface area contributed by atoms with Gasteiger partial charge < -0.3 is 24.8 Å². The summed E-state index contributed by atoms with van der Waals surface area (Å²) in [6, 6.07) is 0. The summed E-state index contributed by atoms with van der Waals surface area (Å²) in [7, 11) is 8.33. The molecule has 2 aliphatic rings. The summed E-state index contributed by atoms with van der Waals surface area (Å²) < 4.78 is 5.20. The molecule has 0 unspecified atom stereocenters. The third kappa shape index (κ3) is 24.0. The normalized spacial score (nSPS) is 17.9. The van der Waals surface area contributed by atoms with Gasteiger partial charge in [0.15, 0.2) is 0 Å². The number of nitrogens with one attached hydrogen (secondary N) is 1. The van der Waals surface area contributed by atoms with Gasteiger partial charge in [-0.25, -0.2) is 0 Å². The van der Waals surface area contributed by atoms with Gasteiger partial charge in [-0.15, -0.1) is 0 Å². The van der Waals surface area contributed by atoms with Crippen molar-refractivity contribution < 1.29 is 4.74 Å². The van der Waals surface area contributed by atoms with Crippen molar-refractivity contribution in [1.82, 2.24) is 24.9 Å². The Bertz CT molecular complexity index is 299. The molecule has 0 aromatic heterocycles. The number of piperazine rings is 1. The standard InChI is InChI=1S/C8H18N2.C7H15NO.C5H13N.C4H11N/c1-3-4-10-7-5-9(2)6-8-10;1-2-3-8-4-6-9-7-5-8;1-4-5-6(2)3;1-3-4-5-2/h3-8H2,1-2H3;2-7H2,1H3;4-5H2,1-3H3;5H,3-4H2,1-2H3. The van der Waals surface area contributed by atoms with Gasteiger partial charge in [-0.3, -0.25) is 4.90 Å². The van der Waals surface area contributed by atoms with Gasteiger partial charge in [0, 0.05) is 39.3 Å². The van der Waals surface area contributed by atoms with Crippen molar-refractivity contribution >= 4 is 0 Å². The van der Waals surface area contributed by atoms with E-state index in [4.69, 9.17) is 4.74 Å². The van der Waals surface area contributed by atoms with Crippen molar-refractivity contribution in [3.63, 3.8) is 0 Å². The number of ether oxygens (including phenoxy) is 1. The molecule has 0 aromatic carbocycles. The van der Waals surface area contributed by atoms with Crippen LogP contribution >= 0.6 is 0 Å². The van der Waals surface area contributed by atoms with Crippen LogP contribution in [0.4, 0.5) is 0 Å². The van der Waals surface area contributed by atoms with Gasteiger partial charge in [-0.1, -0.05) is 27.7 Å². The van der Waals surface area contributed by atoms with E-state index < -0.39 is 0 Å². The first-order chi connectivity index (χ1) is 14.4. The van der Waals surface area contributed by atoms with Gasteiger partial charge in [0.05, 0.1) is 13.2 Å². The molecule has 6 nitrogen and oxygen atoms in total. The van der Waals surface area contributed by atoms with Crippen molar-refractivity contribution in [3.05, 3.63) is 0 Å². The number of likely N-dealkylation sites (N-methyl/N-ethyl adjacent to an activating group) is 1. The molecule has 0 amide bonds. The molecular weight excluding hydrogens is 374 g/mol. The van der Waals surface area contributed by atoms with Crippen LogP contribution in [0.1, 0.15) is 53.4 Å². The Kier molecular flexibility index (Phi) is 26.6. The van der Waals surface area contributed by atoms with Crippen molar-refractivity contribution in [2.24, 2.45) is 0 Å². The van der Waals surface area contributed by atoms with E-state index >= 15 is 0 Å². The van der Waals surface area contributed by atoms with Gasteiger partial charge in [0.2, 0.25) is 0 Å². The SMILES string of the molecule is CCCN(C)C.CCCN1CCN(C)CC1.CCCN1CCOCC1.CCCNC. The summed E-state index contributed by atoms with van der Waals surface area (Å²) in [5.41, 5.74) is 0. The average Bonchev–Trinajstić information content (AvgIpc) is 2.73. The molecule has 1 N–H and O–H groups in total. The molecule has 2 aliphatic heterocycles. The van der Waals surface area contributed by atoms with Crippen LogP contribution in [-0.2, 0) is 4.74 Å². The highest BCUT2D eigenvalue weighted by Gasteiger charge is 2.11. The minimum atomic E-state index is 0.931. The van der Waals surface area contributed by atoms with Crippen LogP contribution < -0.4 is 5.32 Å². The molecule has 0 aliphatic carbocycles. The zero-order valence-electron chi connectivity index (χ0n) is 22.0. The molecule has 2 heterocycles. The van der Waals surface area contributed by atoms with Crippen LogP contribution in [0.2, 0.25) is 0 Å². The topological polar surface area (TPSA) is 34.2 Å². The Morgan fingerprint density at radius 2 is 1.23 bits per heavy atom. The summed E-state index contributed by atoms with van der Waals surface area (Å²) in [4.78, 5) is 9.57. The maximum Gasteiger partial charge on any atom is 0.0594 e. The van der Waals surface area contributed by atoms with E-state index in [1.807, 2.05) is 7.05 Å². The lowest BCUT2D eigenvalue weighted by molar-refractivity contribution is 0.0380. The van der Waals surface area contributed by atoms with E-state index in [-0.39, 0.29) is 0 Å². The van der Waals surface area contributed by atoms with Gasteiger partial charge in [0.25, 0.3) is 0 Å². The fraction of sp³-hybridized carbons (Fsp3) is 1.00.